The number of ether oxygens (including phenoxy) is 3. The number of rotatable bonds is 6. The third kappa shape index (κ3) is 3.85. The van der Waals surface area contributed by atoms with Gasteiger partial charge >= 0.3 is 5.97 Å². The molecular weight excluding hydrogens is 304 g/mol. The van der Waals surface area contributed by atoms with Gasteiger partial charge in [0.15, 0.2) is 0 Å². The Morgan fingerprint density at radius 2 is 1.71 bits per heavy atom. The molecule has 0 heterocycles. The predicted octanol–water partition coefficient (Wildman–Crippen LogP) is 4.23. The Kier molecular flexibility index (Phi) is 4.59. The van der Waals surface area contributed by atoms with Crippen LogP contribution in [0.3, 0.4) is 0 Å². The minimum atomic E-state index is -0.343. The molecule has 4 heteroatoms. The Morgan fingerprint density at radius 1 is 1.12 bits per heavy atom. The van der Waals surface area contributed by atoms with Crippen molar-refractivity contribution < 1.29 is 19.0 Å². The Hall–Kier alpha value is -0.870. The summed E-state index contributed by atoms with van der Waals surface area (Å²) >= 11 is 0. The van der Waals surface area contributed by atoms with Gasteiger partial charge in [-0.15, -0.1) is 0 Å². The number of esters is 1. The molecule has 24 heavy (non-hydrogen) atoms. The van der Waals surface area contributed by atoms with E-state index in [9.17, 15) is 4.79 Å². The summed E-state index contributed by atoms with van der Waals surface area (Å²) < 4.78 is 18.0. The second-order valence-electron chi connectivity index (χ2n) is 9.67. The van der Waals surface area contributed by atoms with Gasteiger partial charge in [0.1, 0.15) is 12.4 Å². The maximum absolute atomic E-state index is 12.1. The maximum Gasteiger partial charge on any atom is 0.333 e. The lowest BCUT2D eigenvalue weighted by molar-refractivity contribution is -0.255. The summed E-state index contributed by atoms with van der Waals surface area (Å²) in [5, 5.41) is 0. The highest BCUT2D eigenvalue weighted by molar-refractivity contribution is 5.87. The fourth-order valence-corrected chi connectivity index (χ4v) is 5.18. The van der Waals surface area contributed by atoms with E-state index in [0.29, 0.717) is 30.8 Å². The molecule has 0 saturated heterocycles. The molecule has 2 unspecified atom stereocenters. The molecule has 4 bridgehead atoms. The fourth-order valence-electron chi connectivity index (χ4n) is 5.18. The monoisotopic (exact) mass is 336 g/mol. The van der Waals surface area contributed by atoms with Crippen LogP contribution in [0.2, 0.25) is 0 Å². The third-order valence-corrected chi connectivity index (χ3v) is 5.59. The largest absolute Gasteiger partial charge is 0.456 e. The van der Waals surface area contributed by atoms with E-state index in [2.05, 4.69) is 27.4 Å². The molecule has 0 spiro atoms. The van der Waals surface area contributed by atoms with Gasteiger partial charge in [-0.25, -0.2) is 4.79 Å². The van der Waals surface area contributed by atoms with Crippen LogP contribution in [0, 0.1) is 17.3 Å². The molecular formula is C20H32O4. The standard InChI is InChI=1S/C20H32O4/c1-14(2)17(21)24-20-9-15-6-16(10-20)8-19(7-15,11-20)23-13-22-12-18(3,4)5/h15-16H,1,6-13H2,2-5H3. The summed E-state index contributed by atoms with van der Waals surface area (Å²) in [6.45, 7) is 12.9. The van der Waals surface area contributed by atoms with Crippen LogP contribution in [0.1, 0.15) is 66.2 Å². The predicted molar refractivity (Wildman–Crippen MR) is 92.4 cm³/mol. The lowest BCUT2D eigenvalue weighted by Crippen LogP contribution is -2.61. The van der Waals surface area contributed by atoms with E-state index < -0.39 is 0 Å². The normalized spacial score (nSPS) is 37.5. The molecule has 0 aromatic rings. The van der Waals surface area contributed by atoms with Gasteiger partial charge in [0.25, 0.3) is 0 Å². The van der Waals surface area contributed by atoms with Crippen molar-refractivity contribution >= 4 is 5.97 Å². The van der Waals surface area contributed by atoms with Gasteiger partial charge in [-0.1, -0.05) is 27.4 Å². The molecule has 0 aromatic heterocycles. The van der Waals surface area contributed by atoms with Crippen LogP contribution in [-0.4, -0.2) is 30.6 Å². The van der Waals surface area contributed by atoms with E-state index >= 15 is 0 Å². The highest BCUT2D eigenvalue weighted by Gasteiger charge is 2.60. The number of carbonyl (C=O) groups is 1. The van der Waals surface area contributed by atoms with Crippen LogP contribution in [0.5, 0.6) is 0 Å². The third-order valence-electron chi connectivity index (χ3n) is 5.59. The van der Waals surface area contributed by atoms with Crippen molar-refractivity contribution in [3.05, 3.63) is 12.2 Å². The van der Waals surface area contributed by atoms with E-state index in [1.54, 1.807) is 6.92 Å². The summed E-state index contributed by atoms with van der Waals surface area (Å²) in [5.41, 5.74) is 0.110. The van der Waals surface area contributed by atoms with Crippen molar-refractivity contribution in [1.29, 1.82) is 0 Å². The van der Waals surface area contributed by atoms with Crippen molar-refractivity contribution in [2.75, 3.05) is 13.4 Å². The van der Waals surface area contributed by atoms with E-state index in [1.807, 2.05) is 0 Å². The van der Waals surface area contributed by atoms with Gasteiger partial charge in [-0.2, -0.15) is 0 Å². The van der Waals surface area contributed by atoms with Crippen LogP contribution in [0.25, 0.3) is 0 Å². The smallest absolute Gasteiger partial charge is 0.333 e. The summed E-state index contributed by atoms with van der Waals surface area (Å²) in [4.78, 5) is 12.1. The van der Waals surface area contributed by atoms with Crippen LogP contribution >= 0.6 is 0 Å². The summed E-state index contributed by atoms with van der Waals surface area (Å²) in [6, 6.07) is 0. The quantitative estimate of drug-likeness (QED) is 0.315. The van der Waals surface area contributed by atoms with Crippen LogP contribution in [-0.2, 0) is 19.0 Å². The lowest BCUT2D eigenvalue weighted by atomic mass is 9.52. The highest BCUT2D eigenvalue weighted by Crippen LogP contribution is 2.60. The first-order chi connectivity index (χ1) is 11.1. The van der Waals surface area contributed by atoms with Crippen molar-refractivity contribution in [3.8, 4) is 0 Å². The molecule has 4 fully saturated rings. The van der Waals surface area contributed by atoms with Crippen molar-refractivity contribution in [2.45, 2.75) is 77.4 Å². The number of hydrogen-bond acceptors (Lipinski definition) is 4. The molecule has 4 saturated carbocycles. The zero-order chi connectivity index (χ0) is 17.6. The van der Waals surface area contributed by atoms with Crippen LogP contribution < -0.4 is 0 Å². The number of hydrogen-bond donors (Lipinski definition) is 0. The molecule has 4 aliphatic carbocycles. The van der Waals surface area contributed by atoms with Gasteiger partial charge in [0.05, 0.1) is 12.2 Å². The summed E-state index contributed by atoms with van der Waals surface area (Å²) in [6.07, 6.45) is 6.18. The molecule has 2 atom stereocenters. The van der Waals surface area contributed by atoms with Gasteiger partial charge in [0.2, 0.25) is 0 Å². The van der Waals surface area contributed by atoms with E-state index in [0.717, 1.165) is 32.1 Å². The highest BCUT2D eigenvalue weighted by atomic mass is 16.7. The van der Waals surface area contributed by atoms with Gasteiger partial charge in [0, 0.05) is 12.0 Å². The molecule has 0 aromatic carbocycles. The van der Waals surface area contributed by atoms with Crippen LogP contribution in [0.15, 0.2) is 12.2 Å². The van der Waals surface area contributed by atoms with Crippen LogP contribution in [0.4, 0.5) is 0 Å². The van der Waals surface area contributed by atoms with E-state index in [1.165, 1.54) is 6.42 Å². The Balaban J connectivity index is 1.64. The molecule has 0 aliphatic heterocycles. The Morgan fingerprint density at radius 3 is 2.25 bits per heavy atom. The number of carbonyl (C=O) groups excluding carboxylic acids is 1. The molecule has 0 N–H and O–H groups in total. The average molecular weight is 336 g/mol. The minimum absolute atomic E-state index is 0.142. The van der Waals surface area contributed by atoms with Crippen molar-refractivity contribution in [3.63, 3.8) is 0 Å². The fraction of sp³-hybridized carbons (Fsp3) is 0.850. The maximum atomic E-state index is 12.1. The van der Waals surface area contributed by atoms with E-state index in [4.69, 9.17) is 14.2 Å². The molecule has 4 aliphatic rings. The molecule has 4 nitrogen and oxygen atoms in total. The zero-order valence-electron chi connectivity index (χ0n) is 15.7. The first-order valence-electron chi connectivity index (χ1n) is 9.21. The second kappa shape index (κ2) is 6.14. The second-order valence-corrected chi connectivity index (χ2v) is 9.67. The lowest BCUT2D eigenvalue weighted by Gasteiger charge is -2.60. The van der Waals surface area contributed by atoms with E-state index in [-0.39, 0.29) is 22.6 Å². The first kappa shape index (κ1) is 17.9. The minimum Gasteiger partial charge on any atom is -0.456 e. The van der Waals surface area contributed by atoms with Gasteiger partial charge in [-0.05, 0) is 56.3 Å². The Labute approximate surface area is 145 Å². The van der Waals surface area contributed by atoms with Gasteiger partial charge < -0.3 is 14.2 Å². The summed E-state index contributed by atoms with van der Waals surface area (Å²) in [5.74, 6) is 0.953. The average Bonchev–Trinajstić information content (AvgIpc) is 2.40. The molecule has 4 rings (SSSR count). The SMILES string of the molecule is C=C(C)C(=O)OC12CC3CC(CC(OCOCC(C)(C)C)(C3)C1)C2. The van der Waals surface area contributed by atoms with Crippen molar-refractivity contribution in [2.24, 2.45) is 17.3 Å². The topological polar surface area (TPSA) is 44.8 Å². The molecule has 0 radical (unpaired) electrons. The zero-order valence-corrected chi connectivity index (χ0v) is 15.7. The molecule has 136 valence electrons. The van der Waals surface area contributed by atoms with Crippen molar-refractivity contribution in [1.82, 2.24) is 0 Å². The first-order valence-corrected chi connectivity index (χ1v) is 9.21. The summed E-state index contributed by atoms with van der Waals surface area (Å²) in [7, 11) is 0. The molecule has 0 amide bonds. The van der Waals surface area contributed by atoms with Gasteiger partial charge in [-0.3, -0.25) is 0 Å². The Bertz CT molecular complexity index is 502.